The van der Waals surface area contributed by atoms with E-state index in [9.17, 15) is 13.6 Å². The summed E-state index contributed by atoms with van der Waals surface area (Å²) < 4.78 is 25.0. The van der Waals surface area contributed by atoms with Gasteiger partial charge < -0.3 is 4.57 Å². The molecule has 0 saturated carbocycles. The topological polar surface area (TPSA) is 34.9 Å². The van der Waals surface area contributed by atoms with Crippen molar-refractivity contribution < 1.29 is 13.6 Å². The van der Waals surface area contributed by atoms with E-state index >= 15 is 0 Å². The lowest BCUT2D eigenvalue weighted by Crippen LogP contribution is -2.01. The van der Waals surface area contributed by atoms with Crippen LogP contribution < -0.4 is 0 Å². The van der Waals surface area contributed by atoms with Gasteiger partial charge in [-0.3, -0.25) is 4.79 Å². The molecule has 0 aliphatic heterocycles. The second-order valence-electron chi connectivity index (χ2n) is 2.02. The molecule has 0 fully saturated rings. The van der Waals surface area contributed by atoms with Crippen molar-refractivity contribution in [2.45, 2.75) is 6.43 Å². The average molecular weight is 160 g/mol. The molecule has 1 aromatic heterocycles. The van der Waals surface area contributed by atoms with E-state index in [4.69, 9.17) is 0 Å². The molecule has 3 nitrogen and oxygen atoms in total. The van der Waals surface area contributed by atoms with E-state index in [-0.39, 0.29) is 11.5 Å². The lowest BCUT2D eigenvalue weighted by molar-refractivity contribution is 0.111. The Balaban J connectivity index is 3.10. The Bertz CT molecular complexity index is 270. The standard InChI is InChI=1S/C6H6F2N2O/c1-10-4(3-11)2-9-6(10)5(7)8/h2-3,5H,1H3. The number of nitrogens with zero attached hydrogens (tertiary/aromatic N) is 2. The maximum atomic E-state index is 12.0. The fourth-order valence-corrected chi connectivity index (χ4v) is 0.750. The number of halogens is 2. The smallest absolute Gasteiger partial charge is 0.295 e. The van der Waals surface area contributed by atoms with Crippen molar-refractivity contribution >= 4 is 6.29 Å². The van der Waals surface area contributed by atoms with Crippen LogP contribution in [0.1, 0.15) is 22.7 Å². The van der Waals surface area contributed by atoms with Gasteiger partial charge in [-0.05, 0) is 0 Å². The SMILES string of the molecule is Cn1c(C=O)cnc1C(F)F. The Morgan fingerprint density at radius 3 is 2.64 bits per heavy atom. The van der Waals surface area contributed by atoms with Gasteiger partial charge in [0, 0.05) is 7.05 Å². The van der Waals surface area contributed by atoms with Crippen LogP contribution in [0.25, 0.3) is 0 Å². The Labute approximate surface area is 61.7 Å². The highest BCUT2D eigenvalue weighted by Gasteiger charge is 2.14. The molecule has 0 bridgehead atoms. The first-order chi connectivity index (χ1) is 5.16. The van der Waals surface area contributed by atoms with Gasteiger partial charge in [0.1, 0.15) is 5.69 Å². The van der Waals surface area contributed by atoms with Crippen LogP contribution in [0.2, 0.25) is 0 Å². The van der Waals surface area contributed by atoms with Crippen LogP contribution in [0, 0.1) is 0 Å². The zero-order valence-electron chi connectivity index (χ0n) is 5.79. The summed E-state index contributed by atoms with van der Waals surface area (Å²) in [6, 6.07) is 0. The van der Waals surface area contributed by atoms with Gasteiger partial charge >= 0.3 is 0 Å². The van der Waals surface area contributed by atoms with E-state index < -0.39 is 6.43 Å². The lowest BCUT2D eigenvalue weighted by Gasteiger charge is -1.99. The minimum absolute atomic E-state index is 0.153. The zero-order chi connectivity index (χ0) is 8.43. The first kappa shape index (κ1) is 7.84. The molecule has 0 radical (unpaired) electrons. The fourth-order valence-electron chi connectivity index (χ4n) is 0.750. The number of imidazole rings is 1. The molecular weight excluding hydrogens is 154 g/mol. The summed E-state index contributed by atoms with van der Waals surface area (Å²) in [6.07, 6.45) is -1.03. The maximum Gasteiger partial charge on any atom is 0.295 e. The number of aldehydes is 1. The first-order valence-corrected chi connectivity index (χ1v) is 2.91. The van der Waals surface area contributed by atoms with Crippen LogP contribution in [0.3, 0.4) is 0 Å². The van der Waals surface area contributed by atoms with Gasteiger partial charge in [0.2, 0.25) is 0 Å². The average Bonchev–Trinajstić information content (AvgIpc) is 2.30. The molecule has 0 saturated heterocycles. The number of rotatable bonds is 2. The molecule has 1 heterocycles. The summed E-state index contributed by atoms with van der Waals surface area (Å²) in [6.45, 7) is 0. The molecular formula is C6H6F2N2O. The summed E-state index contributed by atoms with van der Waals surface area (Å²) in [5.41, 5.74) is 0.153. The Morgan fingerprint density at radius 1 is 1.73 bits per heavy atom. The first-order valence-electron chi connectivity index (χ1n) is 2.91. The minimum Gasteiger partial charge on any atom is -0.324 e. The van der Waals surface area contributed by atoms with Crippen molar-refractivity contribution in [1.29, 1.82) is 0 Å². The predicted octanol–water partition coefficient (Wildman–Crippen LogP) is 1.17. The molecule has 5 heteroatoms. The maximum absolute atomic E-state index is 12.0. The van der Waals surface area contributed by atoms with Crippen LogP contribution in [-0.4, -0.2) is 15.8 Å². The van der Waals surface area contributed by atoms with Crippen molar-refractivity contribution in [2.24, 2.45) is 7.05 Å². The fraction of sp³-hybridized carbons (Fsp3) is 0.333. The van der Waals surface area contributed by atoms with E-state index in [2.05, 4.69) is 4.98 Å². The highest BCUT2D eigenvalue weighted by molar-refractivity contribution is 5.71. The lowest BCUT2D eigenvalue weighted by atomic mass is 10.5. The molecule has 0 aliphatic carbocycles. The van der Waals surface area contributed by atoms with Crippen LogP contribution in [0.4, 0.5) is 8.78 Å². The highest BCUT2D eigenvalue weighted by Crippen LogP contribution is 2.16. The molecule has 60 valence electrons. The number of aromatic nitrogens is 2. The van der Waals surface area contributed by atoms with Crippen molar-refractivity contribution in [3.8, 4) is 0 Å². The van der Waals surface area contributed by atoms with Gasteiger partial charge in [0.05, 0.1) is 6.20 Å². The van der Waals surface area contributed by atoms with Crippen molar-refractivity contribution in [3.05, 3.63) is 17.7 Å². The second-order valence-corrected chi connectivity index (χ2v) is 2.02. The molecule has 1 aromatic rings. The summed E-state index contributed by atoms with van der Waals surface area (Å²) in [5, 5.41) is 0. The Kier molecular flexibility index (Phi) is 1.98. The third kappa shape index (κ3) is 1.26. The number of carbonyl (C=O) groups is 1. The number of carbonyl (C=O) groups excluding carboxylic acids is 1. The molecule has 1 rings (SSSR count). The largest absolute Gasteiger partial charge is 0.324 e. The van der Waals surface area contributed by atoms with Crippen molar-refractivity contribution in [1.82, 2.24) is 9.55 Å². The summed E-state index contributed by atoms with van der Waals surface area (Å²) >= 11 is 0. The molecule has 0 unspecified atom stereocenters. The molecule has 0 aromatic carbocycles. The quantitative estimate of drug-likeness (QED) is 0.608. The minimum atomic E-state index is -2.63. The molecule has 0 atom stereocenters. The third-order valence-electron chi connectivity index (χ3n) is 1.38. The normalized spacial score (nSPS) is 10.5. The van der Waals surface area contributed by atoms with E-state index in [0.29, 0.717) is 6.29 Å². The Morgan fingerprint density at radius 2 is 2.36 bits per heavy atom. The van der Waals surface area contributed by atoms with Gasteiger partial charge in [-0.2, -0.15) is 0 Å². The van der Waals surface area contributed by atoms with Crippen LogP contribution in [0.5, 0.6) is 0 Å². The van der Waals surface area contributed by atoms with E-state index in [0.717, 1.165) is 10.8 Å². The van der Waals surface area contributed by atoms with E-state index in [1.807, 2.05) is 0 Å². The molecule has 0 spiro atoms. The van der Waals surface area contributed by atoms with E-state index in [1.165, 1.54) is 7.05 Å². The van der Waals surface area contributed by atoms with Gasteiger partial charge in [0.15, 0.2) is 12.1 Å². The van der Waals surface area contributed by atoms with Gasteiger partial charge in [-0.1, -0.05) is 0 Å². The third-order valence-corrected chi connectivity index (χ3v) is 1.38. The zero-order valence-corrected chi connectivity index (χ0v) is 5.79. The van der Waals surface area contributed by atoms with Gasteiger partial charge in [-0.15, -0.1) is 0 Å². The van der Waals surface area contributed by atoms with Crippen LogP contribution in [0.15, 0.2) is 6.20 Å². The summed E-state index contributed by atoms with van der Waals surface area (Å²) in [5.74, 6) is -0.382. The van der Waals surface area contributed by atoms with Gasteiger partial charge in [-0.25, -0.2) is 13.8 Å². The molecule has 0 aliphatic rings. The highest BCUT2D eigenvalue weighted by atomic mass is 19.3. The Hall–Kier alpha value is -1.26. The predicted molar refractivity (Wildman–Crippen MR) is 33.6 cm³/mol. The molecule has 0 N–H and O–H groups in total. The summed E-state index contributed by atoms with van der Waals surface area (Å²) in [4.78, 5) is 13.5. The van der Waals surface area contributed by atoms with E-state index in [1.54, 1.807) is 0 Å². The molecule has 0 amide bonds. The molecule has 11 heavy (non-hydrogen) atoms. The van der Waals surface area contributed by atoms with Crippen LogP contribution in [-0.2, 0) is 7.05 Å². The van der Waals surface area contributed by atoms with Crippen molar-refractivity contribution in [3.63, 3.8) is 0 Å². The number of hydrogen-bond donors (Lipinski definition) is 0. The number of alkyl halides is 2. The monoisotopic (exact) mass is 160 g/mol. The number of hydrogen-bond acceptors (Lipinski definition) is 2. The van der Waals surface area contributed by atoms with Crippen LogP contribution >= 0.6 is 0 Å². The summed E-state index contributed by atoms with van der Waals surface area (Å²) in [7, 11) is 1.37. The van der Waals surface area contributed by atoms with Gasteiger partial charge in [0.25, 0.3) is 6.43 Å². The van der Waals surface area contributed by atoms with Crippen molar-refractivity contribution in [2.75, 3.05) is 0 Å². The second kappa shape index (κ2) is 2.77.